The molecule has 0 aromatic carbocycles. The van der Waals surface area contributed by atoms with Gasteiger partial charge in [-0.05, 0) is 0 Å². The molecule has 0 aliphatic rings. The molecule has 2 aromatic rings. The van der Waals surface area contributed by atoms with Gasteiger partial charge in [0.25, 0.3) is 0 Å². The minimum Gasteiger partial charge on any atom is -0.411 e. The molecule has 0 bridgehead atoms. The second-order valence-corrected chi connectivity index (χ2v) is 2.50. The summed E-state index contributed by atoms with van der Waals surface area (Å²) in [6.07, 6.45) is 1.96. The van der Waals surface area contributed by atoms with E-state index in [4.69, 9.17) is 5.73 Å². The van der Waals surface area contributed by atoms with E-state index in [9.17, 15) is 9.59 Å². The molecule has 2 aromatic heterocycles. The van der Waals surface area contributed by atoms with Crippen molar-refractivity contribution in [1.29, 1.82) is 0 Å². The van der Waals surface area contributed by atoms with Crippen molar-refractivity contribution in [3.63, 3.8) is 0 Å². The van der Waals surface area contributed by atoms with E-state index in [0.29, 0.717) is 6.29 Å². The maximum absolute atomic E-state index is 11.2. The number of hydrogen-bond donors (Lipinski definition) is 2. The maximum Gasteiger partial charge on any atom is 0.205 e. The molecule has 0 saturated heterocycles. The normalized spacial score (nSPS) is 9.71. The van der Waals surface area contributed by atoms with E-state index < -0.39 is 5.56 Å². The van der Waals surface area contributed by atoms with Crippen molar-refractivity contribution >= 4 is 23.3 Å². The molecule has 6 nitrogen and oxygen atoms in total. The van der Waals surface area contributed by atoms with E-state index in [1.54, 1.807) is 0 Å². The van der Waals surface area contributed by atoms with Crippen LogP contribution in [0.4, 0.5) is 5.95 Å². The van der Waals surface area contributed by atoms with Crippen molar-refractivity contribution in [2.45, 2.75) is 0 Å². The Morgan fingerprint density at radius 3 is 2.86 bits per heavy atom. The van der Waals surface area contributed by atoms with Gasteiger partial charge in [-0.3, -0.25) is 9.59 Å². The van der Waals surface area contributed by atoms with Crippen LogP contribution < -0.4 is 5.56 Å². The minimum absolute atomic E-state index is 0. The van der Waals surface area contributed by atoms with E-state index in [1.165, 1.54) is 6.20 Å². The monoisotopic (exact) mass is 283 g/mol. The molecule has 0 aliphatic heterocycles. The van der Waals surface area contributed by atoms with Gasteiger partial charge in [-0.25, -0.2) is 0 Å². The summed E-state index contributed by atoms with van der Waals surface area (Å²) in [6, 6.07) is 0. The van der Waals surface area contributed by atoms with Crippen LogP contribution in [0, 0.1) is 0 Å². The van der Waals surface area contributed by atoms with Crippen LogP contribution >= 0.6 is 0 Å². The zero-order chi connectivity index (χ0) is 9.42. The number of aldehydes is 1. The fraction of sp³-hybridized carbons (Fsp3) is 0. The molecular formula is C7H5N4O2Pd-. The molecule has 0 fully saturated rings. The Kier molecular flexibility index (Phi) is 2.84. The number of nitrogens with zero attached hydrogens (tertiary/aromatic N) is 1. The van der Waals surface area contributed by atoms with Gasteiger partial charge in [0.1, 0.15) is 0 Å². The number of aromatic nitrogens is 3. The first-order valence-corrected chi connectivity index (χ1v) is 3.50. The molecule has 0 spiro atoms. The zero-order valence-corrected chi connectivity index (χ0v) is 8.29. The molecule has 76 valence electrons. The molecule has 2 rings (SSSR count). The molecule has 0 saturated carbocycles. The summed E-state index contributed by atoms with van der Waals surface area (Å²) in [5.74, 6) is -0.225. The fourth-order valence-electron chi connectivity index (χ4n) is 1.16. The maximum atomic E-state index is 11.2. The Balaban J connectivity index is 0.000000980. The number of hydrogen-bond acceptors (Lipinski definition) is 3. The van der Waals surface area contributed by atoms with Gasteiger partial charge >= 0.3 is 0 Å². The smallest absolute Gasteiger partial charge is 0.205 e. The fourth-order valence-corrected chi connectivity index (χ4v) is 1.16. The summed E-state index contributed by atoms with van der Waals surface area (Å²) in [7, 11) is 0. The Morgan fingerprint density at radius 1 is 1.50 bits per heavy atom. The molecule has 0 atom stereocenters. The topological polar surface area (TPSA) is 102 Å². The molecular weight excluding hydrogens is 279 g/mol. The molecule has 14 heavy (non-hydrogen) atoms. The second kappa shape index (κ2) is 3.74. The average molecular weight is 284 g/mol. The summed E-state index contributed by atoms with van der Waals surface area (Å²) in [4.78, 5) is 30.3. The third kappa shape index (κ3) is 1.47. The zero-order valence-electron chi connectivity index (χ0n) is 6.73. The summed E-state index contributed by atoms with van der Waals surface area (Å²) < 4.78 is 0. The van der Waals surface area contributed by atoms with Crippen LogP contribution in [0.1, 0.15) is 10.4 Å². The quantitative estimate of drug-likeness (QED) is 0.596. The first-order valence-electron chi connectivity index (χ1n) is 3.50. The first-order chi connectivity index (χ1) is 6.22. The molecule has 2 heterocycles. The van der Waals surface area contributed by atoms with E-state index in [2.05, 4.69) is 15.0 Å². The molecule has 3 N–H and O–H groups in total. The van der Waals surface area contributed by atoms with Gasteiger partial charge in [-0.2, -0.15) is 0 Å². The number of rotatable bonds is 1. The number of H-pyrrole nitrogens is 2. The van der Waals surface area contributed by atoms with Crippen LogP contribution in [-0.4, -0.2) is 21.2 Å². The molecule has 0 radical (unpaired) electrons. The van der Waals surface area contributed by atoms with Crippen LogP contribution in [0.5, 0.6) is 0 Å². The minimum atomic E-state index is -0.474. The summed E-state index contributed by atoms with van der Waals surface area (Å²) in [5.41, 5.74) is 7.15. The SMILES string of the molecule is [NH-]c1nc2[nH]cc(C=O)c2c(=O)[nH]1.[Pd]. The third-order valence-corrected chi connectivity index (χ3v) is 1.70. The molecule has 7 heteroatoms. The summed E-state index contributed by atoms with van der Waals surface area (Å²) in [6.45, 7) is 0. The number of aromatic amines is 2. The van der Waals surface area contributed by atoms with Crippen molar-refractivity contribution in [3.8, 4) is 0 Å². The van der Waals surface area contributed by atoms with Gasteiger partial charge in [0.15, 0.2) is 6.29 Å². The van der Waals surface area contributed by atoms with Crippen LogP contribution in [-0.2, 0) is 20.4 Å². The van der Waals surface area contributed by atoms with Gasteiger partial charge in [0.2, 0.25) is 5.56 Å². The van der Waals surface area contributed by atoms with Crippen molar-refractivity contribution in [2.75, 3.05) is 0 Å². The number of carbonyl (C=O) groups excluding carboxylic acids is 1. The average Bonchev–Trinajstić information content (AvgIpc) is 2.47. The van der Waals surface area contributed by atoms with E-state index in [0.717, 1.165) is 0 Å². The number of carbonyl (C=O) groups is 1. The largest absolute Gasteiger partial charge is 0.411 e. The molecule has 0 amide bonds. The Hall–Kier alpha value is -1.45. The predicted molar refractivity (Wildman–Crippen MR) is 46.1 cm³/mol. The number of nitrogens with one attached hydrogen (secondary N) is 3. The van der Waals surface area contributed by atoms with Crippen molar-refractivity contribution in [1.82, 2.24) is 15.0 Å². The van der Waals surface area contributed by atoms with Crippen LogP contribution in [0.3, 0.4) is 0 Å². The van der Waals surface area contributed by atoms with Gasteiger partial charge in [0.05, 0.1) is 11.0 Å². The van der Waals surface area contributed by atoms with E-state index >= 15 is 0 Å². The van der Waals surface area contributed by atoms with Gasteiger partial charge in [-0.1, -0.05) is 0 Å². The van der Waals surface area contributed by atoms with Crippen LogP contribution in [0.25, 0.3) is 16.8 Å². The Labute approximate surface area is 91.6 Å². The molecule has 0 aliphatic carbocycles. The Morgan fingerprint density at radius 2 is 2.21 bits per heavy atom. The third-order valence-electron chi connectivity index (χ3n) is 1.70. The summed E-state index contributed by atoms with van der Waals surface area (Å²) in [5, 5.41) is 0.200. The first kappa shape index (κ1) is 10.6. The van der Waals surface area contributed by atoms with Gasteiger partial charge < -0.3 is 20.7 Å². The van der Waals surface area contributed by atoms with Crippen LogP contribution in [0.15, 0.2) is 11.0 Å². The van der Waals surface area contributed by atoms with E-state index in [-0.39, 0.29) is 43.0 Å². The summed E-state index contributed by atoms with van der Waals surface area (Å²) >= 11 is 0. The van der Waals surface area contributed by atoms with Gasteiger partial charge in [0, 0.05) is 38.1 Å². The van der Waals surface area contributed by atoms with Gasteiger partial charge in [-0.15, -0.1) is 0 Å². The van der Waals surface area contributed by atoms with Crippen molar-refractivity contribution < 1.29 is 25.2 Å². The standard InChI is InChI=1S/C7H6N4O2.Pd/c8-7-10-5-4(6(13)11-7)3(2-12)1-9-5;/h1-2H,(H4,8,9,10,11,12,13);/p-1. The second-order valence-electron chi connectivity index (χ2n) is 2.50. The van der Waals surface area contributed by atoms with Crippen molar-refractivity contribution in [3.05, 3.63) is 27.8 Å². The van der Waals surface area contributed by atoms with E-state index in [1.807, 2.05) is 0 Å². The van der Waals surface area contributed by atoms with Crippen molar-refractivity contribution in [2.24, 2.45) is 0 Å². The number of fused-ring (bicyclic) bond motifs is 1. The molecule has 0 unspecified atom stereocenters. The van der Waals surface area contributed by atoms with Crippen LogP contribution in [0.2, 0.25) is 0 Å². The Bertz CT molecular complexity index is 530. The predicted octanol–water partition coefficient (Wildman–Crippen LogP) is 0.745.